The molecule has 0 amide bonds. The summed E-state index contributed by atoms with van der Waals surface area (Å²) in [7, 11) is 0. The Balaban J connectivity index is 2.62. The Morgan fingerprint density at radius 2 is 2.33 bits per heavy atom. The Morgan fingerprint density at radius 1 is 1.60 bits per heavy atom. The van der Waals surface area contributed by atoms with Gasteiger partial charge >= 0.3 is 0 Å². The third-order valence-electron chi connectivity index (χ3n) is 1.99. The molecule has 80 valence electrons. The van der Waals surface area contributed by atoms with Crippen LogP contribution in [0.15, 0.2) is 12.3 Å². The minimum Gasteiger partial charge on any atom is -0.353 e. The van der Waals surface area contributed by atoms with Gasteiger partial charge in [0.15, 0.2) is 0 Å². The van der Waals surface area contributed by atoms with Crippen molar-refractivity contribution in [3.63, 3.8) is 0 Å². The first-order valence-corrected chi connectivity index (χ1v) is 5.82. The molecular weight excluding hydrogens is 208 g/mol. The van der Waals surface area contributed by atoms with Crippen LogP contribution < -0.4 is 5.32 Å². The van der Waals surface area contributed by atoms with Gasteiger partial charge in [-0.1, -0.05) is 0 Å². The van der Waals surface area contributed by atoms with E-state index in [1.165, 1.54) is 0 Å². The molecule has 0 aromatic carbocycles. The number of rotatable bonds is 4. The first kappa shape index (κ1) is 11.8. The molecule has 0 atom stereocenters. The number of nitriles is 1. The summed E-state index contributed by atoms with van der Waals surface area (Å²) in [5.74, 6) is 0.510. The summed E-state index contributed by atoms with van der Waals surface area (Å²) in [4.78, 5) is 8.08. The maximum Gasteiger partial charge on any atom is 0.223 e. The van der Waals surface area contributed by atoms with Crippen LogP contribution in [-0.2, 0) is 0 Å². The Kier molecular flexibility index (Phi) is 3.92. The zero-order chi connectivity index (χ0) is 11.3. The zero-order valence-electron chi connectivity index (χ0n) is 9.11. The van der Waals surface area contributed by atoms with Crippen LogP contribution in [0, 0.1) is 11.3 Å². The second-order valence-electron chi connectivity index (χ2n) is 3.69. The van der Waals surface area contributed by atoms with Crippen LogP contribution in [0.5, 0.6) is 0 Å². The summed E-state index contributed by atoms with van der Waals surface area (Å²) in [5.41, 5.74) is 0.384. The van der Waals surface area contributed by atoms with Gasteiger partial charge in [0.2, 0.25) is 5.95 Å². The largest absolute Gasteiger partial charge is 0.353 e. The van der Waals surface area contributed by atoms with Crippen LogP contribution in [0.25, 0.3) is 0 Å². The van der Waals surface area contributed by atoms with E-state index in [0.29, 0.717) is 11.6 Å². The molecular formula is C10H14N4S. The third kappa shape index (κ3) is 3.76. The highest BCUT2D eigenvalue weighted by Gasteiger charge is 2.15. The standard InChI is InChI=1S/C10H14N4S/c1-10(2,15-3)7-13-9-12-5-4-8(6-11)14-9/h4-5H,7H2,1-3H3,(H,12,13,14). The van der Waals surface area contributed by atoms with E-state index in [4.69, 9.17) is 5.26 Å². The predicted octanol–water partition coefficient (Wildman–Crippen LogP) is 1.90. The number of nitrogens with zero attached hydrogens (tertiary/aromatic N) is 3. The number of anilines is 1. The van der Waals surface area contributed by atoms with Crippen LogP contribution in [0.4, 0.5) is 5.95 Å². The summed E-state index contributed by atoms with van der Waals surface area (Å²) < 4.78 is 0.131. The highest BCUT2D eigenvalue weighted by atomic mass is 32.2. The van der Waals surface area contributed by atoms with E-state index < -0.39 is 0 Å². The fourth-order valence-electron chi connectivity index (χ4n) is 0.870. The second kappa shape index (κ2) is 4.99. The van der Waals surface area contributed by atoms with Crippen molar-refractivity contribution in [3.05, 3.63) is 18.0 Å². The van der Waals surface area contributed by atoms with Crippen LogP contribution in [0.3, 0.4) is 0 Å². The first-order valence-electron chi connectivity index (χ1n) is 4.59. The highest BCUT2D eigenvalue weighted by molar-refractivity contribution is 7.99. The molecule has 15 heavy (non-hydrogen) atoms. The van der Waals surface area contributed by atoms with Crippen molar-refractivity contribution < 1.29 is 0 Å². The van der Waals surface area contributed by atoms with Crippen molar-refractivity contribution in [1.29, 1.82) is 5.26 Å². The monoisotopic (exact) mass is 222 g/mol. The van der Waals surface area contributed by atoms with Crippen LogP contribution in [0.1, 0.15) is 19.5 Å². The SMILES string of the molecule is CSC(C)(C)CNc1nccc(C#N)n1. The number of aromatic nitrogens is 2. The molecule has 1 rings (SSSR count). The maximum absolute atomic E-state index is 8.66. The van der Waals surface area contributed by atoms with E-state index in [1.54, 1.807) is 24.0 Å². The Hall–Kier alpha value is -1.28. The minimum atomic E-state index is 0.131. The van der Waals surface area contributed by atoms with E-state index >= 15 is 0 Å². The molecule has 0 spiro atoms. The van der Waals surface area contributed by atoms with E-state index in [2.05, 4.69) is 35.4 Å². The van der Waals surface area contributed by atoms with Gasteiger partial charge in [-0.2, -0.15) is 17.0 Å². The van der Waals surface area contributed by atoms with Crippen LogP contribution >= 0.6 is 11.8 Å². The molecule has 0 saturated heterocycles. The molecule has 0 aliphatic carbocycles. The van der Waals surface area contributed by atoms with Crippen molar-refractivity contribution in [2.75, 3.05) is 18.1 Å². The molecule has 0 unspecified atom stereocenters. The minimum absolute atomic E-state index is 0.131. The Morgan fingerprint density at radius 3 is 2.93 bits per heavy atom. The molecule has 0 aliphatic heterocycles. The molecule has 1 N–H and O–H groups in total. The third-order valence-corrected chi connectivity index (χ3v) is 3.24. The molecule has 0 bridgehead atoms. The normalized spacial score (nSPS) is 10.8. The van der Waals surface area contributed by atoms with Gasteiger partial charge in [-0.15, -0.1) is 0 Å². The topological polar surface area (TPSA) is 61.6 Å². The van der Waals surface area contributed by atoms with Crippen molar-refractivity contribution in [1.82, 2.24) is 9.97 Å². The number of hydrogen-bond donors (Lipinski definition) is 1. The second-order valence-corrected chi connectivity index (χ2v) is 5.21. The molecule has 4 nitrogen and oxygen atoms in total. The lowest BCUT2D eigenvalue weighted by Crippen LogP contribution is -2.26. The van der Waals surface area contributed by atoms with Gasteiger partial charge in [0.05, 0.1) is 0 Å². The highest BCUT2D eigenvalue weighted by Crippen LogP contribution is 2.20. The van der Waals surface area contributed by atoms with Crippen molar-refractivity contribution >= 4 is 17.7 Å². The smallest absolute Gasteiger partial charge is 0.223 e. The summed E-state index contributed by atoms with van der Waals surface area (Å²) in [6.07, 6.45) is 3.65. The van der Waals surface area contributed by atoms with E-state index in [0.717, 1.165) is 6.54 Å². The molecule has 1 heterocycles. The maximum atomic E-state index is 8.66. The Bertz CT molecular complexity index is 370. The molecule has 1 aromatic heterocycles. The number of hydrogen-bond acceptors (Lipinski definition) is 5. The van der Waals surface area contributed by atoms with Gasteiger partial charge in [0, 0.05) is 17.5 Å². The van der Waals surface area contributed by atoms with Gasteiger partial charge < -0.3 is 5.32 Å². The fraction of sp³-hybridized carbons (Fsp3) is 0.500. The quantitative estimate of drug-likeness (QED) is 0.843. The summed E-state index contributed by atoms with van der Waals surface area (Å²) in [6, 6.07) is 3.57. The lowest BCUT2D eigenvalue weighted by atomic mass is 10.2. The molecule has 0 aliphatic rings. The fourth-order valence-corrected chi connectivity index (χ4v) is 1.09. The average molecular weight is 222 g/mol. The summed E-state index contributed by atoms with van der Waals surface area (Å²) >= 11 is 1.77. The van der Waals surface area contributed by atoms with E-state index in [9.17, 15) is 0 Å². The van der Waals surface area contributed by atoms with Crippen LogP contribution in [-0.4, -0.2) is 27.5 Å². The van der Waals surface area contributed by atoms with Crippen molar-refractivity contribution in [3.8, 4) is 6.07 Å². The predicted molar refractivity (Wildman–Crippen MR) is 62.8 cm³/mol. The van der Waals surface area contributed by atoms with Gasteiger partial charge in [-0.25, -0.2) is 9.97 Å². The lowest BCUT2D eigenvalue weighted by molar-refractivity contribution is 0.746. The lowest BCUT2D eigenvalue weighted by Gasteiger charge is -2.21. The average Bonchev–Trinajstić information content (AvgIpc) is 2.27. The molecule has 0 saturated carbocycles. The van der Waals surface area contributed by atoms with Crippen molar-refractivity contribution in [2.45, 2.75) is 18.6 Å². The molecule has 1 aromatic rings. The summed E-state index contributed by atoms with van der Waals surface area (Å²) in [5, 5.41) is 11.8. The molecule has 0 fully saturated rings. The van der Waals surface area contributed by atoms with Crippen molar-refractivity contribution in [2.24, 2.45) is 0 Å². The first-order chi connectivity index (χ1) is 7.07. The van der Waals surface area contributed by atoms with Gasteiger partial charge in [-0.05, 0) is 26.2 Å². The van der Waals surface area contributed by atoms with Gasteiger partial charge in [0.1, 0.15) is 11.8 Å². The van der Waals surface area contributed by atoms with E-state index in [-0.39, 0.29) is 4.75 Å². The molecule has 5 heteroatoms. The summed E-state index contributed by atoms with van der Waals surface area (Å²) in [6.45, 7) is 5.04. The number of thioether (sulfide) groups is 1. The van der Waals surface area contributed by atoms with Gasteiger partial charge in [0.25, 0.3) is 0 Å². The zero-order valence-corrected chi connectivity index (χ0v) is 9.93. The Labute approximate surface area is 94.1 Å². The van der Waals surface area contributed by atoms with Crippen LogP contribution in [0.2, 0.25) is 0 Å². The molecule has 0 radical (unpaired) electrons. The van der Waals surface area contributed by atoms with E-state index in [1.807, 2.05) is 6.07 Å². The number of nitrogens with one attached hydrogen (secondary N) is 1. The van der Waals surface area contributed by atoms with Gasteiger partial charge in [-0.3, -0.25) is 0 Å².